The summed E-state index contributed by atoms with van der Waals surface area (Å²) in [6, 6.07) is 15.5. The van der Waals surface area contributed by atoms with Gasteiger partial charge in [-0.15, -0.1) is 0 Å². The summed E-state index contributed by atoms with van der Waals surface area (Å²) in [4.78, 5) is 21.1. The van der Waals surface area contributed by atoms with Crippen LogP contribution in [0.4, 0.5) is 22.7 Å². The van der Waals surface area contributed by atoms with E-state index >= 15 is 0 Å². The number of allylic oxidation sites excluding steroid dienone is 2. The number of hydrogen-bond acceptors (Lipinski definition) is 9. The van der Waals surface area contributed by atoms with Gasteiger partial charge in [0.25, 0.3) is 5.91 Å². The molecular formula is C28H29N7O3S. The van der Waals surface area contributed by atoms with Gasteiger partial charge in [-0.3, -0.25) is 9.52 Å². The van der Waals surface area contributed by atoms with Gasteiger partial charge in [-0.1, -0.05) is 6.08 Å². The van der Waals surface area contributed by atoms with Crippen LogP contribution in [0.3, 0.4) is 0 Å². The summed E-state index contributed by atoms with van der Waals surface area (Å²) >= 11 is 0. The lowest BCUT2D eigenvalue weighted by atomic mass is 10.1. The fraction of sp³-hybridized carbons (Fsp3) is 0.321. The molecule has 200 valence electrons. The van der Waals surface area contributed by atoms with E-state index in [9.17, 15) is 23.7 Å². The lowest BCUT2D eigenvalue weighted by Gasteiger charge is -2.28. The Morgan fingerprint density at radius 1 is 0.974 bits per heavy atom. The van der Waals surface area contributed by atoms with E-state index in [1.165, 1.54) is 0 Å². The molecular weight excluding hydrogens is 514 g/mol. The first-order chi connectivity index (χ1) is 18.7. The van der Waals surface area contributed by atoms with E-state index in [1.807, 2.05) is 29.2 Å². The summed E-state index contributed by atoms with van der Waals surface area (Å²) in [5, 5.41) is 18.9. The van der Waals surface area contributed by atoms with Crippen LogP contribution in [0.5, 0.6) is 0 Å². The molecule has 39 heavy (non-hydrogen) atoms. The highest BCUT2D eigenvalue weighted by Crippen LogP contribution is 2.47. The molecule has 1 N–H and O–H groups in total. The summed E-state index contributed by atoms with van der Waals surface area (Å²) in [6.07, 6.45) is 5.60. The average Bonchev–Trinajstić information content (AvgIpc) is 3.55. The van der Waals surface area contributed by atoms with Crippen molar-refractivity contribution in [2.45, 2.75) is 26.4 Å². The predicted octanol–water partition coefficient (Wildman–Crippen LogP) is 3.00. The van der Waals surface area contributed by atoms with Gasteiger partial charge in [0.15, 0.2) is 0 Å². The Balaban J connectivity index is 1.53. The Bertz CT molecular complexity index is 1600. The lowest BCUT2D eigenvalue weighted by Crippen LogP contribution is -2.46. The van der Waals surface area contributed by atoms with Crippen LogP contribution in [0.1, 0.15) is 31.4 Å². The highest BCUT2D eigenvalue weighted by Gasteiger charge is 2.43. The van der Waals surface area contributed by atoms with Crippen molar-refractivity contribution in [3.63, 3.8) is 0 Å². The summed E-state index contributed by atoms with van der Waals surface area (Å²) < 4.78 is 25.5. The molecule has 1 saturated heterocycles. The van der Waals surface area contributed by atoms with Crippen LogP contribution < -0.4 is 24.3 Å². The topological polar surface area (TPSA) is 124 Å². The van der Waals surface area contributed by atoms with Crippen molar-refractivity contribution in [2.24, 2.45) is 0 Å². The summed E-state index contributed by atoms with van der Waals surface area (Å²) in [5.41, 5.74) is 5.82. The third kappa shape index (κ3) is 4.66. The van der Waals surface area contributed by atoms with Crippen LogP contribution in [0, 0.1) is 22.7 Å². The molecule has 11 heteroatoms. The van der Waals surface area contributed by atoms with Crippen LogP contribution in [0.2, 0.25) is 0 Å². The van der Waals surface area contributed by atoms with E-state index in [0.29, 0.717) is 11.1 Å². The van der Waals surface area contributed by atoms with Crippen LogP contribution in [-0.4, -0.2) is 52.9 Å². The van der Waals surface area contributed by atoms with E-state index in [2.05, 4.69) is 57.6 Å². The standard InChI is InChI=1S/C28H29N7O3S/c1-4-32-22-9-6-19(16-29)14-24(22)33(5-2)27(32)11-8-21-12-13-34-23-10-7-20(17-30)15-25(23)35(28(21)34)18-26(36)31-39(3,37)38/h6-11,14-15,28H,4-5,12-13,18H2,1-3H3,(H,31,36). The number of nitrogens with zero attached hydrogens (tertiary/aromatic N) is 6. The van der Waals surface area contributed by atoms with Crippen LogP contribution in [0.25, 0.3) is 0 Å². The third-order valence-corrected chi connectivity index (χ3v) is 7.82. The molecule has 10 nitrogen and oxygen atoms in total. The highest BCUT2D eigenvalue weighted by atomic mass is 32.2. The number of anilines is 4. The second-order valence-corrected chi connectivity index (χ2v) is 11.4. The molecule has 3 aliphatic rings. The second-order valence-electron chi connectivity index (χ2n) is 9.63. The van der Waals surface area contributed by atoms with Gasteiger partial charge < -0.3 is 19.6 Å². The largest absolute Gasteiger partial charge is 0.346 e. The number of fused-ring (bicyclic) bond motifs is 4. The fourth-order valence-electron chi connectivity index (χ4n) is 5.71. The molecule has 0 bridgehead atoms. The smallest absolute Gasteiger partial charge is 0.253 e. The Hall–Kier alpha value is -4.48. The number of benzene rings is 2. The maximum atomic E-state index is 12.7. The second kappa shape index (κ2) is 10.0. The average molecular weight is 544 g/mol. The molecule has 0 radical (unpaired) electrons. The van der Waals surface area contributed by atoms with Crippen molar-refractivity contribution in [2.75, 3.05) is 52.0 Å². The maximum absolute atomic E-state index is 12.7. The van der Waals surface area contributed by atoms with Gasteiger partial charge in [-0.2, -0.15) is 10.5 Å². The normalized spacial score (nSPS) is 19.7. The SMILES string of the molecule is CCN1C(=CC=C2CCN3c4ccc(C#N)cc4N(CC(=O)NS(C)(=O)=O)C23)N(CC)c2cc(C#N)ccc21. The first-order valence-corrected chi connectivity index (χ1v) is 14.7. The maximum Gasteiger partial charge on any atom is 0.253 e. The molecule has 1 amide bonds. The molecule has 1 atom stereocenters. The zero-order valence-electron chi connectivity index (χ0n) is 22.0. The first kappa shape index (κ1) is 26.1. The van der Waals surface area contributed by atoms with Gasteiger partial charge in [0, 0.05) is 19.6 Å². The van der Waals surface area contributed by atoms with Crippen molar-refractivity contribution in [1.82, 2.24) is 4.72 Å². The molecule has 0 spiro atoms. The number of rotatable bonds is 6. The summed E-state index contributed by atoms with van der Waals surface area (Å²) in [7, 11) is -3.71. The summed E-state index contributed by atoms with van der Waals surface area (Å²) in [6.45, 7) is 6.19. The molecule has 1 fully saturated rings. The number of carbonyl (C=O) groups excluding carboxylic acids is 1. The van der Waals surface area contributed by atoms with Crippen molar-refractivity contribution in [3.8, 4) is 12.1 Å². The molecule has 0 aliphatic carbocycles. The van der Waals surface area contributed by atoms with Gasteiger partial charge >= 0.3 is 0 Å². The van der Waals surface area contributed by atoms with E-state index < -0.39 is 15.9 Å². The number of carbonyl (C=O) groups is 1. The molecule has 0 saturated carbocycles. The third-order valence-electron chi connectivity index (χ3n) is 7.22. The van der Waals surface area contributed by atoms with Crippen molar-refractivity contribution in [1.29, 1.82) is 10.5 Å². The summed E-state index contributed by atoms with van der Waals surface area (Å²) in [5.74, 6) is 0.366. The number of nitrogens with one attached hydrogen (secondary N) is 1. The van der Waals surface area contributed by atoms with Gasteiger partial charge in [-0.05, 0) is 68.3 Å². The molecule has 3 aliphatic heterocycles. The number of hydrogen-bond donors (Lipinski definition) is 1. The predicted molar refractivity (Wildman–Crippen MR) is 151 cm³/mol. The molecule has 2 aromatic carbocycles. The van der Waals surface area contributed by atoms with E-state index in [-0.39, 0.29) is 12.7 Å². The van der Waals surface area contributed by atoms with Crippen molar-refractivity contribution in [3.05, 3.63) is 71.1 Å². The van der Waals surface area contributed by atoms with Crippen LogP contribution in [-0.2, 0) is 14.8 Å². The van der Waals surface area contributed by atoms with E-state index in [4.69, 9.17) is 0 Å². The number of amides is 1. The molecule has 1 unspecified atom stereocenters. The van der Waals surface area contributed by atoms with Gasteiger partial charge in [0.2, 0.25) is 10.0 Å². The van der Waals surface area contributed by atoms with Gasteiger partial charge in [0.05, 0.1) is 52.3 Å². The highest BCUT2D eigenvalue weighted by molar-refractivity contribution is 7.89. The quantitative estimate of drug-likeness (QED) is 0.586. The van der Waals surface area contributed by atoms with Gasteiger partial charge in [0.1, 0.15) is 18.5 Å². The minimum absolute atomic E-state index is 0.172. The Kier molecular flexibility index (Phi) is 6.71. The first-order valence-electron chi connectivity index (χ1n) is 12.8. The van der Waals surface area contributed by atoms with Crippen molar-refractivity contribution < 1.29 is 13.2 Å². The Morgan fingerprint density at radius 2 is 1.59 bits per heavy atom. The zero-order valence-corrected chi connectivity index (χ0v) is 22.9. The van der Waals surface area contributed by atoms with E-state index in [1.54, 1.807) is 12.1 Å². The minimum Gasteiger partial charge on any atom is -0.346 e. The Morgan fingerprint density at radius 3 is 2.21 bits per heavy atom. The van der Waals surface area contributed by atoms with Crippen LogP contribution in [0.15, 0.2) is 59.9 Å². The molecule has 2 aromatic rings. The monoisotopic (exact) mass is 543 g/mol. The van der Waals surface area contributed by atoms with Crippen molar-refractivity contribution >= 4 is 38.7 Å². The number of sulfonamides is 1. The van der Waals surface area contributed by atoms with Gasteiger partial charge in [-0.25, -0.2) is 8.42 Å². The molecule has 3 heterocycles. The fourth-order valence-corrected chi connectivity index (χ4v) is 6.19. The molecule has 0 aromatic heterocycles. The molecule has 5 rings (SSSR count). The minimum atomic E-state index is -3.71. The number of nitriles is 2. The van der Waals surface area contributed by atoms with Crippen LogP contribution >= 0.6 is 0 Å². The Labute approximate surface area is 228 Å². The van der Waals surface area contributed by atoms with E-state index in [0.717, 1.165) is 66.5 Å². The lowest BCUT2D eigenvalue weighted by molar-refractivity contribution is -0.118. The zero-order chi connectivity index (χ0) is 27.9.